The first-order chi connectivity index (χ1) is 10.0. The first kappa shape index (κ1) is 20.2. The molecule has 124 valence electrons. The third kappa shape index (κ3) is 10.6. The summed E-state index contributed by atoms with van der Waals surface area (Å²) < 4.78 is 0. The Morgan fingerprint density at radius 2 is 1.57 bits per heavy atom. The largest absolute Gasteiger partial charge is 0.480 e. The molecule has 0 aromatic carbocycles. The van der Waals surface area contributed by atoms with Gasteiger partial charge in [0.15, 0.2) is 0 Å². The highest BCUT2D eigenvalue weighted by Gasteiger charge is 2.22. The Morgan fingerprint density at radius 1 is 1.05 bits per heavy atom. The van der Waals surface area contributed by atoms with Gasteiger partial charge in [-0.1, -0.05) is 58.3 Å². The van der Waals surface area contributed by atoms with Crippen molar-refractivity contribution in [1.29, 1.82) is 0 Å². The van der Waals surface area contributed by atoms with E-state index in [4.69, 9.17) is 5.11 Å². The van der Waals surface area contributed by atoms with Crippen LogP contribution in [0.25, 0.3) is 0 Å². The van der Waals surface area contributed by atoms with Crippen molar-refractivity contribution < 1.29 is 19.8 Å². The van der Waals surface area contributed by atoms with Gasteiger partial charge < -0.3 is 15.5 Å². The zero-order valence-electron chi connectivity index (χ0n) is 12.9. The number of carboxylic acids is 1. The summed E-state index contributed by atoms with van der Waals surface area (Å²) in [6, 6.07) is -1.05. The molecule has 0 saturated heterocycles. The fourth-order valence-corrected chi connectivity index (χ4v) is 2.30. The molecule has 0 aliphatic carbocycles. The monoisotopic (exact) mass is 319 g/mol. The minimum atomic E-state index is -1.14. The Morgan fingerprint density at radius 3 is 2.05 bits per heavy atom. The van der Waals surface area contributed by atoms with E-state index in [1.165, 1.54) is 32.1 Å². The van der Waals surface area contributed by atoms with Crippen molar-refractivity contribution in [3.63, 3.8) is 0 Å². The van der Waals surface area contributed by atoms with E-state index in [1.54, 1.807) is 0 Å². The summed E-state index contributed by atoms with van der Waals surface area (Å²) >= 11 is 3.85. The van der Waals surface area contributed by atoms with E-state index < -0.39 is 24.0 Å². The number of carbonyl (C=O) groups excluding carboxylic acids is 1. The van der Waals surface area contributed by atoms with Gasteiger partial charge in [-0.2, -0.15) is 12.6 Å². The van der Waals surface area contributed by atoms with Crippen LogP contribution in [0.2, 0.25) is 0 Å². The fourth-order valence-electron chi connectivity index (χ4n) is 2.06. The smallest absolute Gasteiger partial charge is 0.327 e. The van der Waals surface area contributed by atoms with Crippen LogP contribution in [-0.2, 0) is 9.59 Å². The van der Waals surface area contributed by atoms with E-state index in [-0.39, 0.29) is 5.75 Å². The molecule has 5 nitrogen and oxygen atoms in total. The van der Waals surface area contributed by atoms with Gasteiger partial charge in [0.1, 0.15) is 12.1 Å². The standard InChI is InChI=1S/C15H29NO4S/c1-2-3-4-5-6-7-8-9-10-13(17)14(18)16-12(11-21)15(19)20/h12-13,17,21H,2-11H2,1H3,(H,16,18)(H,19,20). The van der Waals surface area contributed by atoms with E-state index in [1.807, 2.05) is 0 Å². The average Bonchev–Trinajstić information content (AvgIpc) is 2.46. The molecule has 0 aromatic heterocycles. The van der Waals surface area contributed by atoms with Gasteiger partial charge in [0.05, 0.1) is 0 Å². The van der Waals surface area contributed by atoms with Crippen LogP contribution in [0.15, 0.2) is 0 Å². The Labute approximate surface area is 132 Å². The molecule has 0 bridgehead atoms. The summed E-state index contributed by atoms with van der Waals surface area (Å²) in [4.78, 5) is 22.3. The summed E-state index contributed by atoms with van der Waals surface area (Å²) in [5.41, 5.74) is 0. The molecule has 2 unspecified atom stereocenters. The summed E-state index contributed by atoms with van der Waals surface area (Å²) in [7, 11) is 0. The van der Waals surface area contributed by atoms with E-state index in [0.29, 0.717) is 6.42 Å². The zero-order chi connectivity index (χ0) is 16.1. The Bertz CT molecular complexity index is 299. The molecule has 0 radical (unpaired) electrons. The summed E-state index contributed by atoms with van der Waals surface area (Å²) in [6.07, 6.45) is 8.38. The van der Waals surface area contributed by atoms with Gasteiger partial charge >= 0.3 is 5.97 Å². The normalized spacial score (nSPS) is 13.7. The number of carboxylic acid groups (broad SMARTS) is 1. The van der Waals surface area contributed by atoms with Crippen molar-refractivity contribution in [3.05, 3.63) is 0 Å². The van der Waals surface area contributed by atoms with Crippen molar-refractivity contribution in [2.75, 3.05) is 5.75 Å². The number of aliphatic hydroxyl groups is 1. The maximum atomic E-state index is 11.6. The first-order valence-corrected chi connectivity index (χ1v) is 8.48. The summed E-state index contributed by atoms with van der Waals surface area (Å²) in [5, 5.41) is 20.8. The molecule has 3 N–H and O–H groups in total. The van der Waals surface area contributed by atoms with Gasteiger partial charge in [-0.25, -0.2) is 4.79 Å². The van der Waals surface area contributed by atoms with Crippen LogP contribution in [0.4, 0.5) is 0 Å². The molecule has 21 heavy (non-hydrogen) atoms. The lowest BCUT2D eigenvalue weighted by molar-refractivity contribution is -0.142. The molecular weight excluding hydrogens is 290 g/mol. The predicted molar refractivity (Wildman–Crippen MR) is 86.7 cm³/mol. The van der Waals surface area contributed by atoms with Crippen molar-refractivity contribution in [1.82, 2.24) is 5.32 Å². The number of aliphatic carboxylic acids is 1. The zero-order valence-corrected chi connectivity index (χ0v) is 13.8. The van der Waals surface area contributed by atoms with Crippen LogP contribution in [0, 0.1) is 0 Å². The number of carbonyl (C=O) groups is 2. The Kier molecular flexibility index (Phi) is 12.5. The summed E-state index contributed by atoms with van der Waals surface area (Å²) in [6.45, 7) is 2.19. The quantitative estimate of drug-likeness (QED) is 0.310. The van der Waals surface area contributed by atoms with Gasteiger partial charge in [-0.3, -0.25) is 4.79 Å². The van der Waals surface area contributed by atoms with E-state index in [0.717, 1.165) is 19.3 Å². The third-order valence-electron chi connectivity index (χ3n) is 3.43. The first-order valence-electron chi connectivity index (χ1n) is 7.85. The van der Waals surface area contributed by atoms with E-state index >= 15 is 0 Å². The van der Waals surface area contributed by atoms with Crippen LogP contribution in [0.3, 0.4) is 0 Å². The second-order valence-corrected chi connectivity index (χ2v) is 5.73. The van der Waals surface area contributed by atoms with E-state index in [9.17, 15) is 14.7 Å². The number of thiol groups is 1. The number of hydrogen-bond donors (Lipinski definition) is 4. The van der Waals surface area contributed by atoms with Crippen LogP contribution in [-0.4, -0.2) is 40.0 Å². The number of amides is 1. The third-order valence-corrected chi connectivity index (χ3v) is 3.80. The van der Waals surface area contributed by atoms with Gasteiger partial charge in [-0.15, -0.1) is 0 Å². The molecule has 0 aliphatic heterocycles. The maximum absolute atomic E-state index is 11.6. The number of unbranched alkanes of at least 4 members (excludes halogenated alkanes) is 7. The summed E-state index contributed by atoms with van der Waals surface area (Å²) in [5.74, 6) is -1.76. The van der Waals surface area contributed by atoms with Crippen LogP contribution in [0.1, 0.15) is 64.7 Å². The lowest BCUT2D eigenvalue weighted by Gasteiger charge is -2.15. The molecule has 0 aliphatic rings. The Hall–Kier alpha value is -0.750. The minimum absolute atomic E-state index is 0.00551. The molecule has 0 rings (SSSR count). The fraction of sp³-hybridized carbons (Fsp3) is 0.867. The highest BCUT2D eigenvalue weighted by molar-refractivity contribution is 7.80. The molecule has 0 heterocycles. The minimum Gasteiger partial charge on any atom is -0.480 e. The van der Waals surface area contributed by atoms with Gasteiger partial charge in [0.25, 0.3) is 0 Å². The molecule has 0 fully saturated rings. The van der Waals surface area contributed by atoms with Crippen LogP contribution in [0.5, 0.6) is 0 Å². The van der Waals surface area contributed by atoms with Crippen molar-refractivity contribution in [3.8, 4) is 0 Å². The number of aliphatic hydroxyl groups excluding tert-OH is 1. The van der Waals surface area contributed by atoms with Crippen molar-refractivity contribution >= 4 is 24.5 Å². The lowest BCUT2D eigenvalue weighted by Crippen LogP contribution is -2.46. The van der Waals surface area contributed by atoms with Crippen molar-refractivity contribution in [2.24, 2.45) is 0 Å². The molecule has 0 aromatic rings. The van der Waals surface area contributed by atoms with Gasteiger partial charge in [0, 0.05) is 5.75 Å². The van der Waals surface area contributed by atoms with Crippen molar-refractivity contribution in [2.45, 2.75) is 76.9 Å². The van der Waals surface area contributed by atoms with Crippen LogP contribution < -0.4 is 5.32 Å². The number of hydrogen-bond acceptors (Lipinski definition) is 4. The van der Waals surface area contributed by atoms with Crippen LogP contribution >= 0.6 is 12.6 Å². The number of rotatable bonds is 13. The molecule has 2 atom stereocenters. The highest BCUT2D eigenvalue weighted by atomic mass is 32.1. The molecule has 0 spiro atoms. The second kappa shape index (κ2) is 13.0. The molecule has 1 amide bonds. The molecular formula is C15H29NO4S. The van der Waals surface area contributed by atoms with Gasteiger partial charge in [0.2, 0.25) is 5.91 Å². The SMILES string of the molecule is CCCCCCCCCCC(O)C(=O)NC(CS)C(=O)O. The second-order valence-electron chi connectivity index (χ2n) is 5.36. The lowest BCUT2D eigenvalue weighted by atomic mass is 10.1. The highest BCUT2D eigenvalue weighted by Crippen LogP contribution is 2.10. The number of nitrogens with one attached hydrogen (secondary N) is 1. The predicted octanol–water partition coefficient (Wildman–Crippen LogP) is 2.38. The molecule has 0 saturated carbocycles. The molecule has 6 heteroatoms. The topological polar surface area (TPSA) is 86.6 Å². The average molecular weight is 319 g/mol. The maximum Gasteiger partial charge on any atom is 0.327 e. The van der Waals surface area contributed by atoms with E-state index in [2.05, 4.69) is 24.9 Å². The van der Waals surface area contributed by atoms with Gasteiger partial charge in [-0.05, 0) is 6.42 Å². The Balaban J connectivity index is 3.66.